The van der Waals surface area contributed by atoms with Gasteiger partial charge in [-0.15, -0.1) is 0 Å². The van der Waals surface area contributed by atoms with Crippen molar-refractivity contribution in [2.45, 2.75) is 166 Å². The highest BCUT2D eigenvalue weighted by Gasteiger charge is 2.58. The van der Waals surface area contributed by atoms with Crippen LogP contribution in [0.3, 0.4) is 0 Å². The maximum absolute atomic E-state index is 12.9. The van der Waals surface area contributed by atoms with E-state index < -0.39 is 18.5 Å². The summed E-state index contributed by atoms with van der Waals surface area (Å²) < 4.78 is 73.4. The molecule has 2 heterocycles. The van der Waals surface area contributed by atoms with Crippen LogP contribution in [0.4, 0.5) is 26.7 Å². The van der Waals surface area contributed by atoms with Crippen LogP contribution in [0.2, 0.25) is 0 Å². The normalized spacial score (nSPS) is 36.9. The fraction of sp³-hybridized carbons (Fsp3) is 0.975. The van der Waals surface area contributed by atoms with Crippen molar-refractivity contribution in [3.05, 3.63) is 0 Å². The molecule has 2 saturated heterocycles. The lowest BCUT2D eigenvalue weighted by atomic mass is 9.50. The minimum atomic E-state index is -5.43. The van der Waals surface area contributed by atoms with Gasteiger partial charge in [0.25, 0.3) is 0 Å². The number of aliphatic hydroxyl groups excluding tert-OH is 1. The highest BCUT2D eigenvalue weighted by Crippen LogP contribution is 2.62. The Balaban J connectivity index is 0.000000228. The molecule has 2 aliphatic heterocycles. The highest BCUT2D eigenvalue weighted by atomic mass is 32.2. The lowest BCUT2D eigenvalue weighted by Crippen LogP contribution is -2.50. The summed E-state index contributed by atoms with van der Waals surface area (Å²) in [7, 11) is 2.13. The summed E-state index contributed by atoms with van der Waals surface area (Å²) in [5.41, 5.74) is 0.317. The Morgan fingerprint density at radius 3 is 2.35 bits per heavy atom. The van der Waals surface area contributed by atoms with Crippen molar-refractivity contribution in [2.24, 2.45) is 40.4 Å². The van der Waals surface area contributed by atoms with Crippen LogP contribution < -0.4 is 0 Å². The van der Waals surface area contributed by atoms with E-state index in [-0.39, 0.29) is 46.4 Å². The summed E-state index contributed by atoms with van der Waals surface area (Å²) in [6.07, 6.45) is 5.87. The number of thioether (sulfide) groups is 1. The summed E-state index contributed by atoms with van der Waals surface area (Å²) >= 11 is 1.47. The second-order valence-corrected chi connectivity index (χ2v) is 20.7. The number of carbonyl (C=O) groups is 1. The zero-order valence-corrected chi connectivity index (χ0v) is 33.6. The first-order valence-corrected chi connectivity index (χ1v) is 21.2. The molecule has 12 heteroatoms. The van der Waals surface area contributed by atoms with E-state index in [0.717, 1.165) is 75.5 Å². The second kappa shape index (κ2) is 16.3. The van der Waals surface area contributed by atoms with E-state index >= 15 is 0 Å². The first-order chi connectivity index (χ1) is 24.2. The molecule has 6 fully saturated rings. The van der Waals surface area contributed by atoms with Gasteiger partial charge in [0.2, 0.25) is 0 Å². The van der Waals surface area contributed by atoms with Crippen molar-refractivity contribution in [1.29, 1.82) is 0 Å². The number of alkyl halides is 5. The van der Waals surface area contributed by atoms with Gasteiger partial charge in [0.15, 0.2) is 0 Å². The van der Waals surface area contributed by atoms with Gasteiger partial charge >= 0.3 is 18.2 Å². The first kappa shape index (κ1) is 42.3. The van der Waals surface area contributed by atoms with E-state index in [1.54, 1.807) is 0 Å². The van der Waals surface area contributed by atoms with E-state index in [4.69, 9.17) is 9.47 Å². The average molecular weight is 767 g/mol. The highest BCUT2D eigenvalue weighted by molar-refractivity contribution is 8.00. The minimum absolute atomic E-state index is 0.0825. The van der Waals surface area contributed by atoms with Gasteiger partial charge in [-0.05, 0) is 124 Å². The molecule has 0 radical (unpaired) electrons. The SMILES string of the molecule is CCC(C)(C)CC(C)(C)SCCCC(F)(F)C(F)(F)F.CN1CCOC2CN(C(=O)OC3CCC4C(CCC5C4CCC4(C)C(O)CCC54)C3)CC21. The fourth-order valence-electron chi connectivity index (χ4n) is 11.2. The number of halogens is 5. The maximum atomic E-state index is 12.9. The Hall–Kier alpha value is -0.850. The van der Waals surface area contributed by atoms with E-state index in [1.807, 2.05) is 18.7 Å². The number of amides is 1. The number of likely N-dealkylation sites (tertiary alicyclic amines) is 1. The Labute approximate surface area is 314 Å². The lowest BCUT2D eigenvalue weighted by Gasteiger charge is -2.55. The van der Waals surface area contributed by atoms with Gasteiger partial charge in [0, 0.05) is 24.3 Å². The number of aliphatic hydroxyl groups is 1. The molecular formula is C40H67F5N2O4S. The summed E-state index contributed by atoms with van der Waals surface area (Å²) in [5.74, 6) is -0.346. The standard InChI is InChI=1S/C26H42N2O4.C14H25F5S/c1-26-10-9-19-18-6-4-17(13-16(18)3-5-20(19)21(26)7-8-24(26)29)32-25(30)28-14-22-23(15-28)31-12-11-27(22)2;1-6-11(2,3)10-12(4,5)20-9-7-8-13(15,16)14(17,18)19/h16-24,29H,3-15H2,1-2H3;6-10H2,1-5H3. The number of rotatable bonds is 9. The quantitative estimate of drug-likeness (QED) is 0.186. The molecule has 10 atom stereocenters. The monoisotopic (exact) mass is 766 g/mol. The number of ether oxygens (including phenoxy) is 2. The van der Waals surface area contributed by atoms with Crippen LogP contribution in [-0.2, 0) is 9.47 Å². The second-order valence-electron chi connectivity index (χ2n) is 18.9. The van der Waals surface area contributed by atoms with Crippen LogP contribution in [0.15, 0.2) is 0 Å². The summed E-state index contributed by atoms with van der Waals surface area (Å²) in [4.78, 5) is 17.2. The van der Waals surface area contributed by atoms with Gasteiger partial charge in [-0.2, -0.15) is 33.7 Å². The van der Waals surface area contributed by atoms with Gasteiger partial charge in [0.1, 0.15) is 6.10 Å². The zero-order chi connectivity index (χ0) is 38.3. The molecule has 6 rings (SSSR count). The summed E-state index contributed by atoms with van der Waals surface area (Å²) in [6.45, 7) is 15.8. The third-order valence-electron chi connectivity index (χ3n) is 14.4. The van der Waals surface area contributed by atoms with E-state index in [2.05, 4.69) is 39.6 Å². The van der Waals surface area contributed by atoms with Gasteiger partial charge in [-0.1, -0.05) is 48.0 Å². The van der Waals surface area contributed by atoms with Crippen LogP contribution in [0, 0.1) is 40.4 Å². The number of hydrogen-bond donors (Lipinski definition) is 1. The summed E-state index contributed by atoms with van der Waals surface area (Å²) in [5, 5.41) is 10.6. The zero-order valence-electron chi connectivity index (χ0n) is 32.8. The van der Waals surface area contributed by atoms with Crippen LogP contribution in [0.1, 0.15) is 125 Å². The molecule has 6 aliphatic rings. The Kier molecular flexibility index (Phi) is 13.3. The molecule has 0 bridgehead atoms. The molecule has 1 amide bonds. The Morgan fingerprint density at radius 2 is 1.67 bits per heavy atom. The fourth-order valence-corrected chi connectivity index (χ4v) is 12.6. The van der Waals surface area contributed by atoms with E-state index in [0.29, 0.717) is 24.3 Å². The van der Waals surface area contributed by atoms with E-state index in [1.165, 1.54) is 50.3 Å². The van der Waals surface area contributed by atoms with Crippen LogP contribution in [0.25, 0.3) is 0 Å². The molecule has 0 aromatic carbocycles. The third-order valence-corrected chi connectivity index (χ3v) is 15.8. The largest absolute Gasteiger partial charge is 0.453 e. The van der Waals surface area contributed by atoms with Gasteiger partial charge in [-0.3, -0.25) is 4.90 Å². The van der Waals surface area contributed by atoms with Gasteiger partial charge in [0.05, 0.1) is 31.4 Å². The van der Waals surface area contributed by atoms with Crippen molar-refractivity contribution >= 4 is 17.9 Å². The van der Waals surface area contributed by atoms with Crippen molar-refractivity contribution in [1.82, 2.24) is 9.80 Å². The van der Waals surface area contributed by atoms with Crippen molar-refractivity contribution in [2.75, 3.05) is 39.0 Å². The lowest BCUT2D eigenvalue weighted by molar-refractivity contribution is -0.284. The average Bonchev–Trinajstić information content (AvgIpc) is 3.64. The molecule has 0 spiro atoms. The van der Waals surface area contributed by atoms with Gasteiger partial charge < -0.3 is 19.5 Å². The van der Waals surface area contributed by atoms with Crippen molar-refractivity contribution in [3.8, 4) is 0 Å². The molecule has 302 valence electrons. The molecule has 4 aliphatic carbocycles. The van der Waals surface area contributed by atoms with Crippen LogP contribution in [-0.4, -0.2) is 101 Å². The van der Waals surface area contributed by atoms with Crippen molar-refractivity contribution in [3.63, 3.8) is 0 Å². The van der Waals surface area contributed by atoms with E-state index in [9.17, 15) is 31.9 Å². The Bertz CT molecular complexity index is 1200. The maximum Gasteiger partial charge on any atom is 0.453 e. The molecule has 6 nitrogen and oxygen atoms in total. The number of likely N-dealkylation sites (N-methyl/N-ethyl adjacent to an activating group) is 1. The minimum Gasteiger partial charge on any atom is -0.446 e. The molecule has 52 heavy (non-hydrogen) atoms. The molecular weight excluding hydrogens is 700 g/mol. The number of nitrogens with zero attached hydrogens (tertiary/aromatic N) is 2. The molecule has 10 unspecified atom stereocenters. The number of morpholine rings is 1. The number of hydrogen-bond acceptors (Lipinski definition) is 6. The molecule has 0 aromatic heterocycles. The predicted molar refractivity (Wildman–Crippen MR) is 197 cm³/mol. The number of carbonyl (C=O) groups excluding carboxylic acids is 1. The predicted octanol–water partition coefficient (Wildman–Crippen LogP) is 9.82. The third kappa shape index (κ3) is 9.56. The van der Waals surface area contributed by atoms with Gasteiger partial charge in [-0.25, -0.2) is 4.79 Å². The topological polar surface area (TPSA) is 62.2 Å². The van der Waals surface area contributed by atoms with Crippen molar-refractivity contribution < 1.29 is 41.3 Å². The molecule has 4 saturated carbocycles. The molecule has 0 aromatic rings. The summed E-state index contributed by atoms with van der Waals surface area (Å²) in [6, 6.07) is 0.313. The van der Waals surface area contributed by atoms with Crippen LogP contribution in [0.5, 0.6) is 0 Å². The number of fused-ring (bicyclic) bond motifs is 6. The Morgan fingerprint density at radius 1 is 0.962 bits per heavy atom. The van der Waals surface area contributed by atoms with Crippen LogP contribution >= 0.6 is 11.8 Å². The molecule has 1 N–H and O–H groups in total. The smallest absolute Gasteiger partial charge is 0.446 e. The first-order valence-electron chi connectivity index (χ1n) is 20.2.